The summed E-state index contributed by atoms with van der Waals surface area (Å²) in [5.41, 5.74) is 0.717. The molecule has 1 aromatic rings. The predicted octanol–water partition coefficient (Wildman–Crippen LogP) is 6.10. The Hall–Kier alpha value is -0.830. The second-order valence-corrected chi connectivity index (χ2v) is 6.77. The van der Waals surface area contributed by atoms with Crippen molar-refractivity contribution in [2.75, 3.05) is 6.54 Å². The second kappa shape index (κ2) is 12.7. The van der Waals surface area contributed by atoms with Gasteiger partial charge in [0.25, 0.3) is 5.91 Å². The molecule has 0 spiro atoms. The largest absolute Gasteiger partial charge is 0.352 e. The maximum atomic E-state index is 12.0. The zero-order valence-corrected chi connectivity index (χ0v) is 15.5. The monoisotopic (exact) mass is 367 g/mol. The van der Waals surface area contributed by atoms with Gasteiger partial charge in [0.05, 0.1) is 5.56 Å². The lowest BCUT2D eigenvalue weighted by molar-refractivity contribution is 0.0952. The van der Waals surface area contributed by atoms with Gasteiger partial charge in [-0.2, -0.15) is 0 Å². The molecule has 1 amide bonds. The number of rotatable bonds is 12. The fraction of sp³-hybridized carbons (Fsp3) is 0.632. The van der Waals surface area contributed by atoms with E-state index in [1.807, 2.05) is 24.3 Å². The van der Waals surface area contributed by atoms with Crippen LogP contribution >= 0.6 is 15.9 Å². The number of carbonyl (C=O) groups excluding carboxylic acids is 1. The predicted molar refractivity (Wildman–Crippen MR) is 98.3 cm³/mol. The topological polar surface area (TPSA) is 29.1 Å². The van der Waals surface area contributed by atoms with E-state index in [-0.39, 0.29) is 5.91 Å². The minimum absolute atomic E-state index is 0.0170. The molecule has 0 aliphatic carbocycles. The third kappa shape index (κ3) is 8.57. The minimum atomic E-state index is 0.0170. The first-order chi connectivity index (χ1) is 10.8. The molecular weight excluding hydrogens is 338 g/mol. The number of nitrogens with one attached hydrogen (secondary N) is 1. The normalized spacial score (nSPS) is 10.6. The van der Waals surface area contributed by atoms with Crippen LogP contribution in [0.5, 0.6) is 0 Å². The SMILES string of the molecule is CCCCCCCCCCCCNC(=O)c1ccccc1Br. The molecule has 0 aliphatic heterocycles. The third-order valence-electron chi connectivity index (χ3n) is 3.93. The number of carbonyl (C=O) groups is 1. The van der Waals surface area contributed by atoms with Gasteiger partial charge in [0.2, 0.25) is 0 Å². The Labute approximate surface area is 144 Å². The van der Waals surface area contributed by atoms with Crippen molar-refractivity contribution in [2.45, 2.75) is 71.1 Å². The number of benzene rings is 1. The maximum absolute atomic E-state index is 12.0. The number of hydrogen-bond acceptors (Lipinski definition) is 1. The highest BCUT2D eigenvalue weighted by Gasteiger charge is 2.07. The number of amides is 1. The van der Waals surface area contributed by atoms with Gasteiger partial charge in [-0.25, -0.2) is 0 Å². The van der Waals surface area contributed by atoms with Crippen LogP contribution in [0.4, 0.5) is 0 Å². The Bertz CT molecular complexity index is 420. The van der Waals surface area contributed by atoms with E-state index in [0.717, 1.165) is 23.0 Å². The molecule has 22 heavy (non-hydrogen) atoms. The van der Waals surface area contributed by atoms with Crippen LogP contribution < -0.4 is 5.32 Å². The molecule has 1 aromatic carbocycles. The van der Waals surface area contributed by atoms with E-state index in [0.29, 0.717) is 0 Å². The van der Waals surface area contributed by atoms with Gasteiger partial charge in [-0.15, -0.1) is 0 Å². The van der Waals surface area contributed by atoms with Crippen LogP contribution in [0.2, 0.25) is 0 Å². The fourth-order valence-electron chi connectivity index (χ4n) is 2.55. The van der Waals surface area contributed by atoms with Crippen LogP contribution in [-0.4, -0.2) is 12.5 Å². The van der Waals surface area contributed by atoms with Crippen LogP contribution in [0.3, 0.4) is 0 Å². The van der Waals surface area contributed by atoms with Crippen LogP contribution in [0.25, 0.3) is 0 Å². The fourth-order valence-corrected chi connectivity index (χ4v) is 3.02. The first kappa shape index (κ1) is 19.2. The summed E-state index contributed by atoms with van der Waals surface area (Å²) in [5.74, 6) is 0.0170. The molecule has 0 saturated heterocycles. The lowest BCUT2D eigenvalue weighted by Crippen LogP contribution is -2.24. The van der Waals surface area contributed by atoms with Gasteiger partial charge in [0.1, 0.15) is 0 Å². The summed E-state index contributed by atoms with van der Waals surface area (Å²) < 4.78 is 0.857. The highest BCUT2D eigenvalue weighted by molar-refractivity contribution is 9.10. The Kier molecular flexibility index (Phi) is 11.1. The average molecular weight is 368 g/mol. The molecule has 1 rings (SSSR count). The summed E-state index contributed by atoms with van der Waals surface area (Å²) in [6.07, 6.45) is 13.2. The van der Waals surface area contributed by atoms with Crippen molar-refractivity contribution in [1.82, 2.24) is 5.32 Å². The average Bonchev–Trinajstić information content (AvgIpc) is 2.53. The van der Waals surface area contributed by atoms with Gasteiger partial charge < -0.3 is 5.32 Å². The molecule has 0 unspecified atom stereocenters. The molecule has 0 atom stereocenters. The quantitative estimate of drug-likeness (QED) is 0.444. The molecule has 0 fully saturated rings. The second-order valence-electron chi connectivity index (χ2n) is 5.92. The molecule has 3 heteroatoms. The summed E-state index contributed by atoms with van der Waals surface area (Å²) in [6.45, 7) is 3.03. The Morgan fingerprint density at radius 1 is 0.909 bits per heavy atom. The minimum Gasteiger partial charge on any atom is -0.352 e. The van der Waals surface area contributed by atoms with Crippen molar-refractivity contribution >= 4 is 21.8 Å². The third-order valence-corrected chi connectivity index (χ3v) is 4.63. The summed E-state index contributed by atoms with van der Waals surface area (Å²) >= 11 is 3.41. The van der Waals surface area contributed by atoms with Crippen LogP contribution in [0, 0.1) is 0 Å². The maximum Gasteiger partial charge on any atom is 0.252 e. The summed E-state index contributed by atoms with van der Waals surface area (Å²) in [4.78, 5) is 12.0. The first-order valence-electron chi connectivity index (χ1n) is 8.78. The van der Waals surface area contributed by atoms with Gasteiger partial charge in [0, 0.05) is 11.0 Å². The standard InChI is InChI=1S/C19H30BrNO/c1-2-3-4-5-6-7-8-9-10-13-16-21-19(22)17-14-11-12-15-18(17)20/h11-12,14-15H,2-10,13,16H2,1H3,(H,21,22). The Morgan fingerprint density at radius 2 is 1.45 bits per heavy atom. The van der Waals surface area contributed by atoms with E-state index in [1.54, 1.807) is 0 Å². The van der Waals surface area contributed by atoms with Crippen molar-refractivity contribution in [3.63, 3.8) is 0 Å². The van der Waals surface area contributed by atoms with Crippen molar-refractivity contribution < 1.29 is 4.79 Å². The van der Waals surface area contributed by atoms with E-state index in [4.69, 9.17) is 0 Å². The van der Waals surface area contributed by atoms with E-state index in [1.165, 1.54) is 57.8 Å². The van der Waals surface area contributed by atoms with Gasteiger partial charge in [-0.05, 0) is 34.5 Å². The molecule has 0 radical (unpaired) electrons. The zero-order valence-electron chi connectivity index (χ0n) is 13.9. The molecule has 124 valence electrons. The highest BCUT2D eigenvalue weighted by Crippen LogP contribution is 2.15. The summed E-state index contributed by atoms with van der Waals surface area (Å²) in [6, 6.07) is 7.55. The smallest absolute Gasteiger partial charge is 0.252 e. The van der Waals surface area contributed by atoms with Gasteiger partial charge in [0.15, 0.2) is 0 Å². The molecule has 0 aliphatic rings. The van der Waals surface area contributed by atoms with Crippen LogP contribution in [0.1, 0.15) is 81.5 Å². The molecule has 0 aromatic heterocycles. The first-order valence-corrected chi connectivity index (χ1v) is 9.57. The number of unbranched alkanes of at least 4 members (excludes halogenated alkanes) is 9. The van der Waals surface area contributed by atoms with Gasteiger partial charge >= 0.3 is 0 Å². The van der Waals surface area contributed by atoms with Crippen molar-refractivity contribution in [3.05, 3.63) is 34.3 Å². The van der Waals surface area contributed by atoms with Crippen molar-refractivity contribution in [2.24, 2.45) is 0 Å². The van der Waals surface area contributed by atoms with E-state index in [2.05, 4.69) is 28.2 Å². The van der Waals surface area contributed by atoms with Crippen molar-refractivity contribution in [1.29, 1.82) is 0 Å². The molecule has 0 saturated carbocycles. The molecule has 0 bridgehead atoms. The summed E-state index contributed by atoms with van der Waals surface area (Å²) in [7, 11) is 0. The lowest BCUT2D eigenvalue weighted by Gasteiger charge is -2.07. The molecule has 0 heterocycles. The molecule has 1 N–H and O–H groups in total. The van der Waals surface area contributed by atoms with E-state index < -0.39 is 0 Å². The van der Waals surface area contributed by atoms with Gasteiger partial charge in [-0.1, -0.05) is 76.8 Å². The number of hydrogen-bond donors (Lipinski definition) is 1. The van der Waals surface area contributed by atoms with E-state index in [9.17, 15) is 4.79 Å². The van der Waals surface area contributed by atoms with E-state index >= 15 is 0 Å². The highest BCUT2D eigenvalue weighted by atomic mass is 79.9. The molecular formula is C19H30BrNO. The summed E-state index contributed by atoms with van der Waals surface area (Å²) in [5, 5.41) is 3.00. The van der Waals surface area contributed by atoms with Crippen LogP contribution in [0.15, 0.2) is 28.7 Å². The Balaban J connectivity index is 1.95. The zero-order chi connectivity index (χ0) is 16.0. The molecule has 2 nitrogen and oxygen atoms in total. The van der Waals surface area contributed by atoms with Gasteiger partial charge in [-0.3, -0.25) is 4.79 Å². The number of halogens is 1. The van der Waals surface area contributed by atoms with Crippen molar-refractivity contribution in [3.8, 4) is 0 Å². The lowest BCUT2D eigenvalue weighted by atomic mass is 10.1. The van der Waals surface area contributed by atoms with Crippen LogP contribution in [-0.2, 0) is 0 Å². The Morgan fingerprint density at radius 3 is 2.05 bits per heavy atom.